The second kappa shape index (κ2) is 6.91. The first-order valence-electron chi connectivity index (χ1n) is 7.89. The number of rotatable bonds is 6. The molecule has 0 aliphatic heterocycles. The van der Waals surface area contributed by atoms with E-state index in [9.17, 15) is 0 Å². The third kappa shape index (κ3) is 4.55. The summed E-state index contributed by atoms with van der Waals surface area (Å²) in [6.07, 6.45) is 9.38. The standard InChI is InChI=1S/C16H34N2/c1-5-18(13-9-10-15(2,3)4)16(14-17)11-7-6-8-12-16/h5-14,17H2,1-4H3. The fraction of sp³-hybridized carbons (Fsp3) is 1.00. The van der Waals surface area contributed by atoms with Gasteiger partial charge in [0.05, 0.1) is 0 Å². The molecule has 2 nitrogen and oxygen atoms in total. The third-order valence-electron chi connectivity index (χ3n) is 4.57. The fourth-order valence-electron chi connectivity index (χ4n) is 3.39. The molecule has 1 aliphatic carbocycles. The second-order valence-electron chi connectivity index (χ2n) is 7.23. The van der Waals surface area contributed by atoms with E-state index in [0.717, 1.165) is 13.1 Å². The largest absolute Gasteiger partial charge is 0.329 e. The predicted molar refractivity (Wildman–Crippen MR) is 80.8 cm³/mol. The van der Waals surface area contributed by atoms with Crippen molar-refractivity contribution in [1.82, 2.24) is 4.90 Å². The summed E-state index contributed by atoms with van der Waals surface area (Å²) in [6.45, 7) is 12.5. The Morgan fingerprint density at radius 3 is 2.17 bits per heavy atom. The number of hydrogen-bond acceptors (Lipinski definition) is 2. The summed E-state index contributed by atoms with van der Waals surface area (Å²) < 4.78 is 0. The van der Waals surface area contributed by atoms with Gasteiger partial charge >= 0.3 is 0 Å². The highest BCUT2D eigenvalue weighted by molar-refractivity contribution is 4.93. The number of likely N-dealkylation sites (N-methyl/N-ethyl adjacent to an activating group) is 1. The molecule has 0 atom stereocenters. The summed E-state index contributed by atoms with van der Waals surface area (Å²) >= 11 is 0. The van der Waals surface area contributed by atoms with Crippen LogP contribution in [0.3, 0.4) is 0 Å². The van der Waals surface area contributed by atoms with Gasteiger partial charge in [-0.25, -0.2) is 0 Å². The smallest absolute Gasteiger partial charge is 0.0331 e. The average molecular weight is 254 g/mol. The first-order chi connectivity index (χ1) is 8.43. The molecule has 0 heterocycles. The van der Waals surface area contributed by atoms with Gasteiger partial charge in [0.2, 0.25) is 0 Å². The highest BCUT2D eigenvalue weighted by Gasteiger charge is 2.35. The first kappa shape index (κ1) is 16.0. The summed E-state index contributed by atoms with van der Waals surface area (Å²) in [5.41, 5.74) is 6.92. The van der Waals surface area contributed by atoms with Crippen LogP contribution >= 0.6 is 0 Å². The van der Waals surface area contributed by atoms with E-state index in [1.165, 1.54) is 51.5 Å². The lowest BCUT2D eigenvalue weighted by molar-refractivity contribution is 0.0578. The Labute approximate surface area is 114 Å². The van der Waals surface area contributed by atoms with E-state index >= 15 is 0 Å². The zero-order chi connectivity index (χ0) is 13.6. The van der Waals surface area contributed by atoms with Gasteiger partial charge in [-0.05, 0) is 44.2 Å². The lowest BCUT2D eigenvalue weighted by Gasteiger charge is -2.46. The maximum atomic E-state index is 6.13. The summed E-state index contributed by atoms with van der Waals surface area (Å²) in [6, 6.07) is 0. The molecule has 1 fully saturated rings. The number of nitrogens with zero attached hydrogens (tertiary/aromatic N) is 1. The van der Waals surface area contributed by atoms with Crippen molar-refractivity contribution in [2.75, 3.05) is 19.6 Å². The molecule has 2 N–H and O–H groups in total. The summed E-state index contributed by atoms with van der Waals surface area (Å²) in [5.74, 6) is 0. The molecule has 0 aromatic heterocycles. The molecule has 1 saturated carbocycles. The Hall–Kier alpha value is -0.0800. The van der Waals surface area contributed by atoms with Crippen molar-refractivity contribution in [3.05, 3.63) is 0 Å². The van der Waals surface area contributed by atoms with Crippen LogP contribution in [0.15, 0.2) is 0 Å². The van der Waals surface area contributed by atoms with Crippen molar-refractivity contribution in [1.29, 1.82) is 0 Å². The van der Waals surface area contributed by atoms with E-state index < -0.39 is 0 Å². The van der Waals surface area contributed by atoms with Crippen molar-refractivity contribution >= 4 is 0 Å². The number of hydrogen-bond donors (Lipinski definition) is 1. The Kier molecular flexibility index (Phi) is 6.13. The van der Waals surface area contributed by atoms with Gasteiger partial charge in [0.25, 0.3) is 0 Å². The zero-order valence-corrected chi connectivity index (χ0v) is 13.1. The Morgan fingerprint density at radius 2 is 1.72 bits per heavy atom. The molecule has 0 saturated heterocycles. The van der Waals surface area contributed by atoms with Crippen molar-refractivity contribution in [3.63, 3.8) is 0 Å². The van der Waals surface area contributed by atoms with Gasteiger partial charge in [-0.1, -0.05) is 47.0 Å². The Balaban J connectivity index is 2.52. The highest BCUT2D eigenvalue weighted by atomic mass is 15.2. The lowest BCUT2D eigenvalue weighted by atomic mass is 9.80. The fourth-order valence-corrected chi connectivity index (χ4v) is 3.39. The van der Waals surface area contributed by atoms with Gasteiger partial charge in [-0.15, -0.1) is 0 Å². The number of nitrogens with two attached hydrogens (primary N) is 1. The Bertz CT molecular complexity index is 224. The minimum atomic E-state index is 0.324. The van der Waals surface area contributed by atoms with E-state index in [0.29, 0.717) is 11.0 Å². The molecule has 0 amide bonds. The topological polar surface area (TPSA) is 29.3 Å². The van der Waals surface area contributed by atoms with E-state index in [1.807, 2.05) is 0 Å². The van der Waals surface area contributed by atoms with Crippen LogP contribution in [0, 0.1) is 5.41 Å². The van der Waals surface area contributed by atoms with E-state index in [1.54, 1.807) is 0 Å². The van der Waals surface area contributed by atoms with E-state index in [2.05, 4.69) is 32.6 Å². The van der Waals surface area contributed by atoms with Crippen molar-refractivity contribution in [3.8, 4) is 0 Å². The monoisotopic (exact) mass is 254 g/mol. The van der Waals surface area contributed by atoms with Gasteiger partial charge in [-0.2, -0.15) is 0 Å². The summed E-state index contributed by atoms with van der Waals surface area (Å²) in [7, 11) is 0. The Morgan fingerprint density at radius 1 is 1.11 bits per heavy atom. The van der Waals surface area contributed by atoms with Crippen LogP contribution in [-0.4, -0.2) is 30.1 Å². The quantitative estimate of drug-likeness (QED) is 0.781. The van der Waals surface area contributed by atoms with Gasteiger partial charge < -0.3 is 5.73 Å². The van der Waals surface area contributed by atoms with E-state index in [-0.39, 0.29) is 0 Å². The molecule has 1 aliphatic rings. The molecule has 2 heteroatoms. The van der Waals surface area contributed by atoms with Crippen molar-refractivity contribution < 1.29 is 0 Å². The van der Waals surface area contributed by atoms with Gasteiger partial charge in [0.1, 0.15) is 0 Å². The molecule has 1 rings (SSSR count). The molecule has 0 aromatic carbocycles. The predicted octanol–water partition coefficient (Wildman–Crippen LogP) is 3.80. The van der Waals surface area contributed by atoms with Crippen LogP contribution in [0.4, 0.5) is 0 Å². The normalized spacial score (nSPS) is 20.3. The maximum Gasteiger partial charge on any atom is 0.0331 e. The van der Waals surface area contributed by atoms with Crippen LogP contribution in [0.2, 0.25) is 0 Å². The first-order valence-corrected chi connectivity index (χ1v) is 7.89. The summed E-state index contributed by atoms with van der Waals surface area (Å²) in [4.78, 5) is 2.68. The summed E-state index contributed by atoms with van der Waals surface area (Å²) in [5, 5.41) is 0. The van der Waals surface area contributed by atoms with Crippen LogP contribution < -0.4 is 5.73 Å². The van der Waals surface area contributed by atoms with Crippen molar-refractivity contribution in [2.45, 2.75) is 78.2 Å². The van der Waals surface area contributed by atoms with Crippen LogP contribution in [0.1, 0.15) is 72.6 Å². The molecular formula is C16H34N2. The molecule has 0 aromatic rings. The average Bonchev–Trinajstić information content (AvgIpc) is 2.34. The lowest BCUT2D eigenvalue weighted by Crippen LogP contribution is -2.55. The second-order valence-corrected chi connectivity index (χ2v) is 7.23. The van der Waals surface area contributed by atoms with Gasteiger partial charge in [0, 0.05) is 12.1 Å². The van der Waals surface area contributed by atoms with Crippen LogP contribution in [-0.2, 0) is 0 Å². The molecular weight excluding hydrogens is 220 g/mol. The van der Waals surface area contributed by atoms with Gasteiger partial charge in [0.15, 0.2) is 0 Å². The molecule has 108 valence electrons. The van der Waals surface area contributed by atoms with Gasteiger partial charge in [-0.3, -0.25) is 4.90 Å². The maximum absolute atomic E-state index is 6.13. The van der Waals surface area contributed by atoms with Crippen molar-refractivity contribution in [2.24, 2.45) is 11.1 Å². The minimum Gasteiger partial charge on any atom is -0.329 e. The van der Waals surface area contributed by atoms with Crippen LogP contribution in [0.5, 0.6) is 0 Å². The molecule has 18 heavy (non-hydrogen) atoms. The minimum absolute atomic E-state index is 0.324. The van der Waals surface area contributed by atoms with E-state index in [4.69, 9.17) is 5.73 Å². The van der Waals surface area contributed by atoms with Crippen LogP contribution in [0.25, 0.3) is 0 Å². The zero-order valence-electron chi connectivity index (χ0n) is 13.1. The molecule has 0 bridgehead atoms. The highest BCUT2D eigenvalue weighted by Crippen LogP contribution is 2.33. The molecule has 0 spiro atoms. The molecule has 0 radical (unpaired) electrons. The third-order valence-corrected chi connectivity index (χ3v) is 4.57. The molecule has 0 unspecified atom stereocenters. The SMILES string of the molecule is CCN(CCCC(C)(C)C)C1(CN)CCCCC1.